The number of nitrogens with two attached hydrogens (primary N) is 1. The number of aryl methyl sites for hydroxylation is 2. The molecule has 0 saturated heterocycles. The van der Waals surface area contributed by atoms with Crippen LogP contribution in [0.1, 0.15) is 11.1 Å². The molecule has 0 bridgehead atoms. The average Bonchev–Trinajstić information content (AvgIpc) is 2.44. The zero-order valence-electron chi connectivity index (χ0n) is 11.6. The van der Waals surface area contributed by atoms with Crippen molar-refractivity contribution in [2.45, 2.75) is 13.8 Å². The number of benzene rings is 2. The van der Waals surface area contributed by atoms with Crippen LogP contribution in [0.2, 0.25) is 0 Å². The Morgan fingerprint density at radius 1 is 1.00 bits per heavy atom. The van der Waals surface area contributed by atoms with E-state index in [1.54, 1.807) is 13.0 Å². The Bertz CT molecular complexity index is 860. The first-order valence-electron chi connectivity index (χ1n) is 6.46. The number of nitrogen functional groups attached to an aromatic ring is 1. The van der Waals surface area contributed by atoms with E-state index in [1.165, 1.54) is 12.1 Å². The summed E-state index contributed by atoms with van der Waals surface area (Å²) in [5.74, 6) is -1.20. The predicted octanol–water partition coefficient (Wildman–Crippen LogP) is 3.77. The molecule has 0 atom stereocenters. The number of hydrogen-bond acceptors (Lipinski definition) is 3. The lowest BCUT2D eigenvalue weighted by atomic mass is 10.1. The van der Waals surface area contributed by atoms with Gasteiger partial charge in [-0.3, -0.25) is 0 Å². The van der Waals surface area contributed by atoms with Crippen LogP contribution in [-0.4, -0.2) is 9.97 Å². The van der Waals surface area contributed by atoms with Gasteiger partial charge in [0.05, 0.1) is 11.1 Å². The van der Waals surface area contributed by atoms with Crippen LogP contribution in [0, 0.1) is 25.5 Å². The Morgan fingerprint density at radius 2 is 1.76 bits per heavy atom. The molecule has 0 radical (unpaired) electrons. The standard InChI is InChI=1S/C16H13F2N3/c1-8-3-6-12-10(7-8)15(19)21-16(20-12)13-11(17)5-4-9(2)14(13)18/h3-7H,1-2H3,(H2,19,20,21). The number of fused-ring (bicyclic) bond motifs is 1. The third-order valence-electron chi connectivity index (χ3n) is 3.39. The highest BCUT2D eigenvalue weighted by molar-refractivity contribution is 5.90. The summed E-state index contributed by atoms with van der Waals surface area (Å²) in [6, 6.07) is 8.05. The second kappa shape index (κ2) is 4.77. The van der Waals surface area contributed by atoms with Crippen LogP contribution in [0.5, 0.6) is 0 Å². The summed E-state index contributed by atoms with van der Waals surface area (Å²) in [6.45, 7) is 3.48. The van der Waals surface area contributed by atoms with E-state index in [-0.39, 0.29) is 17.2 Å². The van der Waals surface area contributed by atoms with Gasteiger partial charge in [-0.1, -0.05) is 17.7 Å². The molecule has 1 aromatic heterocycles. The lowest BCUT2D eigenvalue weighted by molar-refractivity contribution is 0.582. The molecule has 106 valence electrons. The first-order chi connectivity index (χ1) is 9.97. The lowest BCUT2D eigenvalue weighted by Crippen LogP contribution is -2.02. The van der Waals surface area contributed by atoms with Crippen LogP contribution < -0.4 is 5.73 Å². The van der Waals surface area contributed by atoms with Crippen LogP contribution >= 0.6 is 0 Å². The topological polar surface area (TPSA) is 51.8 Å². The molecule has 5 heteroatoms. The maximum absolute atomic E-state index is 14.2. The van der Waals surface area contributed by atoms with Gasteiger partial charge < -0.3 is 5.73 Å². The van der Waals surface area contributed by atoms with E-state index in [0.29, 0.717) is 16.5 Å². The van der Waals surface area contributed by atoms with Crippen LogP contribution in [0.4, 0.5) is 14.6 Å². The number of rotatable bonds is 1. The highest BCUT2D eigenvalue weighted by Crippen LogP contribution is 2.28. The fourth-order valence-electron chi connectivity index (χ4n) is 2.24. The van der Waals surface area contributed by atoms with Gasteiger partial charge in [-0.2, -0.15) is 0 Å². The van der Waals surface area contributed by atoms with Gasteiger partial charge >= 0.3 is 0 Å². The predicted molar refractivity (Wildman–Crippen MR) is 78.8 cm³/mol. The van der Waals surface area contributed by atoms with E-state index in [9.17, 15) is 8.78 Å². The highest BCUT2D eigenvalue weighted by atomic mass is 19.1. The average molecular weight is 285 g/mol. The fraction of sp³-hybridized carbons (Fsp3) is 0.125. The minimum Gasteiger partial charge on any atom is -0.383 e. The Hall–Kier alpha value is -2.56. The third kappa shape index (κ3) is 2.20. The molecule has 0 aliphatic carbocycles. The first-order valence-corrected chi connectivity index (χ1v) is 6.46. The van der Waals surface area contributed by atoms with E-state index >= 15 is 0 Å². The van der Waals surface area contributed by atoms with Gasteiger partial charge in [-0.25, -0.2) is 18.7 Å². The maximum Gasteiger partial charge on any atom is 0.168 e. The van der Waals surface area contributed by atoms with Crippen molar-refractivity contribution < 1.29 is 8.78 Å². The van der Waals surface area contributed by atoms with Crippen LogP contribution in [0.15, 0.2) is 30.3 Å². The smallest absolute Gasteiger partial charge is 0.168 e. The number of hydrogen-bond donors (Lipinski definition) is 1. The quantitative estimate of drug-likeness (QED) is 0.740. The lowest BCUT2D eigenvalue weighted by Gasteiger charge is -2.09. The molecule has 2 N–H and O–H groups in total. The minimum atomic E-state index is -0.705. The van der Waals surface area contributed by atoms with E-state index < -0.39 is 11.6 Å². The minimum absolute atomic E-state index is 0.0393. The Kier molecular flexibility index (Phi) is 3.05. The fourth-order valence-corrected chi connectivity index (χ4v) is 2.24. The van der Waals surface area contributed by atoms with E-state index in [4.69, 9.17) is 5.73 Å². The summed E-state index contributed by atoms with van der Waals surface area (Å²) in [4.78, 5) is 8.30. The van der Waals surface area contributed by atoms with Crippen molar-refractivity contribution in [1.29, 1.82) is 0 Å². The van der Waals surface area contributed by atoms with Crippen molar-refractivity contribution >= 4 is 16.7 Å². The summed E-state index contributed by atoms with van der Waals surface area (Å²) < 4.78 is 28.1. The molecule has 3 nitrogen and oxygen atoms in total. The molecule has 0 unspecified atom stereocenters. The monoisotopic (exact) mass is 285 g/mol. The van der Waals surface area contributed by atoms with Gasteiger partial charge in [-0.15, -0.1) is 0 Å². The van der Waals surface area contributed by atoms with E-state index in [1.807, 2.05) is 19.1 Å². The SMILES string of the molecule is Cc1ccc2nc(-c3c(F)ccc(C)c3F)nc(N)c2c1. The molecule has 3 aromatic rings. The van der Waals surface area contributed by atoms with Crippen LogP contribution in [0.25, 0.3) is 22.3 Å². The molecule has 0 fully saturated rings. The zero-order valence-corrected chi connectivity index (χ0v) is 11.6. The molecule has 0 saturated carbocycles. The van der Waals surface area contributed by atoms with Crippen molar-refractivity contribution in [1.82, 2.24) is 9.97 Å². The molecule has 0 amide bonds. The number of nitrogens with zero attached hydrogens (tertiary/aromatic N) is 2. The van der Waals surface area contributed by atoms with Gasteiger partial charge in [0.15, 0.2) is 5.82 Å². The molecule has 2 aromatic carbocycles. The maximum atomic E-state index is 14.2. The normalized spacial score (nSPS) is 11.0. The summed E-state index contributed by atoms with van der Waals surface area (Å²) in [5, 5.41) is 0.673. The summed E-state index contributed by atoms with van der Waals surface area (Å²) in [5.41, 5.74) is 7.56. The summed E-state index contributed by atoms with van der Waals surface area (Å²) in [6.07, 6.45) is 0. The zero-order chi connectivity index (χ0) is 15.1. The molecular formula is C16H13F2N3. The first kappa shape index (κ1) is 13.4. The number of aromatic nitrogens is 2. The Morgan fingerprint density at radius 3 is 2.52 bits per heavy atom. The Labute approximate surface area is 120 Å². The summed E-state index contributed by atoms with van der Waals surface area (Å²) in [7, 11) is 0. The van der Waals surface area contributed by atoms with Crippen molar-refractivity contribution in [2.75, 3.05) is 5.73 Å². The van der Waals surface area contributed by atoms with Crippen LogP contribution in [-0.2, 0) is 0 Å². The molecule has 0 aliphatic heterocycles. The number of halogens is 2. The molecule has 3 rings (SSSR count). The second-order valence-electron chi connectivity index (χ2n) is 5.01. The highest BCUT2D eigenvalue weighted by Gasteiger charge is 2.17. The molecule has 21 heavy (non-hydrogen) atoms. The van der Waals surface area contributed by atoms with Gasteiger partial charge in [0.25, 0.3) is 0 Å². The molecular weight excluding hydrogens is 272 g/mol. The third-order valence-corrected chi connectivity index (χ3v) is 3.39. The van der Waals surface area contributed by atoms with Crippen LogP contribution in [0.3, 0.4) is 0 Å². The largest absolute Gasteiger partial charge is 0.383 e. The van der Waals surface area contributed by atoms with Crippen molar-refractivity contribution in [3.8, 4) is 11.4 Å². The molecule has 0 spiro atoms. The Balaban J connectivity index is 2.32. The van der Waals surface area contributed by atoms with Crippen molar-refractivity contribution in [2.24, 2.45) is 0 Å². The number of anilines is 1. The van der Waals surface area contributed by atoms with Crippen molar-refractivity contribution in [3.63, 3.8) is 0 Å². The van der Waals surface area contributed by atoms with Gasteiger partial charge in [0.2, 0.25) is 0 Å². The molecule has 1 heterocycles. The van der Waals surface area contributed by atoms with E-state index in [2.05, 4.69) is 9.97 Å². The van der Waals surface area contributed by atoms with Gasteiger partial charge in [0, 0.05) is 5.39 Å². The van der Waals surface area contributed by atoms with Gasteiger partial charge in [-0.05, 0) is 37.6 Å². The summed E-state index contributed by atoms with van der Waals surface area (Å²) >= 11 is 0. The second-order valence-corrected chi connectivity index (χ2v) is 5.01. The van der Waals surface area contributed by atoms with Crippen molar-refractivity contribution in [3.05, 3.63) is 53.1 Å². The van der Waals surface area contributed by atoms with E-state index in [0.717, 1.165) is 5.56 Å². The van der Waals surface area contributed by atoms with Gasteiger partial charge in [0.1, 0.15) is 17.5 Å². The molecule has 0 aliphatic rings.